The van der Waals surface area contributed by atoms with E-state index in [1.807, 2.05) is 0 Å². The average molecular weight is 274 g/mol. The summed E-state index contributed by atoms with van der Waals surface area (Å²) in [4.78, 5) is 11.7. The monoisotopic (exact) mass is 273 g/mol. The van der Waals surface area contributed by atoms with Gasteiger partial charge in [0.15, 0.2) is 0 Å². The largest absolute Gasteiger partial charge is 0.368 e. The minimum absolute atomic E-state index is 0.0754. The Morgan fingerprint density at radius 1 is 1.47 bits per heavy atom. The number of halogens is 2. The third-order valence-electron chi connectivity index (χ3n) is 2.69. The Labute approximate surface area is 110 Å². The summed E-state index contributed by atoms with van der Waals surface area (Å²) in [6.45, 7) is 1.06. The van der Waals surface area contributed by atoms with Crippen molar-refractivity contribution in [1.82, 2.24) is 5.32 Å². The Morgan fingerprint density at radius 2 is 2.29 bits per heavy atom. The summed E-state index contributed by atoms with van der Waals surface area (Å²) in [7, 11) is 0. The van der Waals surface area contributed by atoms with Gasteiger partial charge in [-0.3, -0.25) is 4.79 Å². The summed E-state index contributed by atoms with van der Waals surface area (Å²) in [6, 6.07) is 5.22. The summed E-state index contributed by atoms with van der Waals surface area (Å²) in [6.07, 6.45) is 1.43. The van der Waals surface area contributed by atoms with Crippen molar-refractivity contribution in [2.75, 3.05) is 6.61 Å². The smallest absolute Gasteiger partial charge is 0.249 e. The Kier molecular flexibility index (Phi) is 4.26. The van der Waals surface area contributed by atoms with Crippen LogP contribution in [-0.4, -0.2) is 18.6 Å². The minimum atomic E-state index is -0.305. The van der Waals surface area contributed by atoms with Gasteiger partial charge in [-0.25, -0.2) is 0 Å². The first-order valence-electron chi connectivity index (χ1n) is 5.50. The lowest BCUT2D eigenvalue weighted by Gasteiger charge is -2.11. The molecule has 1 aromatic carbocycles. The van der Waals surface area contributed by atoms with Crippen LogP contribution in [0.1, 0.15) is 18.4 Å². The quantitative estimate of drug-likeness (QED) is 0.920. The van der Waals surface area contributed by atoms with E-state index < -0.39 is 0 Å². The number of ether oxygens (including phenoxy) is 1. The molecular formula is C12H13Cl2NO2. The number of hydrogen-bond acceptors (Lipinski definition) is 2. The van der Waals surface area contributed by atoms with Crippen LogP contribution < -0.4 is 5.32 Å². The van der Waals surface area contributed by atoms with Gasteiger partial charge in [-0.1, -0.05) is 29.3 Å². The number of carbonyl (C=O) groups excluding carboxylic acids is 1. The molecule has 1 saturated heterocycles. The van der Waals surface area contributed by atoms with Crippen molar-refractivity contribution in [2.45, 2.75) is 25.5 Å². The zero-order chi connectivity index (χ0) is 12.3. The Morgan fingerprint density at radius 3 is 2.94 bits per heavy atom. The number of rotatable bonds is 3. The van der Waals surface area contributed by atoms with Gasteiger partial charge in [0.05, 0.1) is 0 Å². The van der Waals surface area contributed by atoms with E-state index in [1.165, 1.54) is 0 Å². The standard InChI is InChI=1S/C12H13Cl2NO2/c13-9-4-3-8(10(14)6-9)7-15-12(16)11-2-1-5-17-11/h3-4,6,11H,1-2,5,7H2,(H,15,16)/t11-/m0/s1. The molecule has 92 valence electrons. The second-order valence-corrected chi connectivity index (χ2v) is 4.80. The summed E-state index contributed by atoms with van der Waals surface area (Å²) in [5, 5.41) is 3.96. The Bertz CT molecular complexity index is 417. The summed E-state index contributed by atoms with van der Waals surface area (Å²) < 4.78 is 5.29. The van der Waals surface area contributed by atoms with Gasteiger partial charge in [0.25, 0.3) is 0 Å². The fourth-order valence-electron chi connectivity index (χ4n) is 1.75. The lowest BCUT2D eigenvalue weighted by Crippen LogP contribution is -2.33. The first kappa shape index (κ1) is 12.7. The van der Waals surface area contributed by atoms with Gasteiger partial charge < -0.3 is 10.1 Å². The van der Waals surface area contributed by atoms with E-state index in [9.17, 15) is 4.79 Å². The van der Waals surface area contributed by atoms with Crippen LogP contribution in [0.15, 0.2) is 18.2 Å². The predicted octanol–water partition coefficient (Wildman–Crippen LogP) is 2.79. The van der Waals surface area contributed by atoms with Crippen LogP contribution in [0.5, 0.6) is 0 Å². The number of amides is 1. The van der Waals surface area contributed by atoms with Gasteiger partial charge in [-0.15, -0.1) is 0 Å². The maximum Gasteiger partial charge on any atom is 0.249 e. The second-order valence-electron chi connectivity index (χ2n) is 3.96. The molecule has 1 aromatic rings. The molecule has 0 spiro atoms. The molecule has 1 amide bonds. The summed E-state index contributed by atoms with van der Waals surface area (Å²) >= 11 is 11.8. The topological polar surface area (TPSA) is 38.3 Å². The van der Waals surface area contributed by atoms with E-state index >= 15 is 0 Å². The number of nitrogens with one attached hydrogen (secondary N) is 1. The first-order valence-corrected chi connectivity index (χ1v) is 6.25. The molecule has 1 heterocycles. The van der Waals surface area contributed by atoms with E-state index in [0.717, 1.165) is 18.4 Å². The third kappa shape index (κ3) is 3.35. The maximum absolute atomic E-state index is 11.7. The highest BCUT2D eigenvalue weighted by Crippen LogP contribution is 2.21. The van der Waals surface area contributed by atoms with Crippen molar-refractivity contribution in [2.24, 2.45) is 0 Å². The molecule has 0 unspecified atom stereocenters. The molecule has 2 rings (SSSR count). The molecule has 0 radical (unpaired) electrons. The molecule has 3 nitrogen and oxygen atoms in total. The van der Waals surface area contributed by atoms with Crippen LogP contribution >= 0.6 is 23.2 Å². The zero-order valence-electron chi connectivity index (χ0n) is 9.21. The zero-order valence-corrected chi connectivity index (χ0v) is 10.7. The fourth-order valence-corrected chi connectivity index (χ4v) is 2.22. The van der Waals surface area contributed by atoms with E-state index in [2.05, 4.69) is 5.32 Å². The highest BCUT2D eigenvalue weighted by atomic mass is 35.5. The molecule has 5 heteroatoms. The van der Waals surface area contributed by atoms with E-state index in [4.69, 9.17) is 27.9 Å². The van der Waals surface area contributed by atoms with Crippen LogP contribution in [0.2, 0.25) is 10.0 Å². The summed E-state index contributed by atoms with van der Waals surface area (Å²) in [5.74, 6) is -0.0754. The molecule has 0 aliphatic carbocycles. The lowest BCUT2D eigenvalue weighted by atomic mass is 10.2. The van der Waals surface area contributed by atoms with Crippen LogP contribution in [-0.2, 0) is 16.1 Å². The van der Waals surface area contributed by atoms with Crippen molar-refractivity contribution < 1.29 is 9.53 Å². The molecule has 0 bridgehead atoms. The molecule has 1 aliphatic rings. The molecule has 1 aliphatic heterocycles. The van der Waals surface area contributed by atoms with Crippen molar-refractivity contribution in [1.29, 1.82) is 0 Å². The molecule has 17 heavy (non-hydrogen) atoms. The minimum Gasteiger partial charge on any atom is -0.368 e. The van der Waals surface area contributed by atoms with Crippen molar-refractivity contribution in [3.05, 3.63) is 33.8 Å². The first-order chi connectivity index (χ1) is 8.16. The van der Waals surface area contributed by atoms with E-state index in [-0.39, 0.29) is 12.0 Å². The molecule has 0 aromatic heterocycles. The van der Waals surface area contributed by atoms with Crippen LogP contribution in [0, 0.1) is 0 Å². The normalized spacial score (nSPS) is 19.3. The van der Waals surface area contributed by atoms with Crippen molar-refractivity contribution in [3.8, 4) is 0 Å². The van der Waals surface area contributed by atoms with Gasteiger partial charge >= 0.3 is 0 Å². The van der Waals surface area contributed by atoms with Crippen LogP contribution in [0.4, 0.5) is 0 Å². The van der Waals surface area contributed by atoms with Gasteiger partial charge in [-0.2, -0.15) is 0 Å². The van der Waals surface area contributed by atoms with E-state index in [0.29, 0.717) is 23.2 Å². The fraction of sp³-hybridized carbons (Fsp3) is 0.417. The van der Waals surface area contributed by atoms with Gasteiger partial charge in [-0.05, 0) is 30.5 Å². The van der Waals surface area contributed by atoms with Crippen molar-refractivity contribution in [3.63, 3.8) is 0 Å². The predicted molar refractivity (Wildman–Crippen MR) is 67.3 cm³/mol. The number of carbonyl (C=O) groups is 1. The third-order valence-corrected chi connectivity index (χ3v) is 3.28. The lowest BCUT2D eigenvalue weighted by molar-refractivity contribution is -0.130. The number of benzene rings is 1. The highest BCUT2D eigenvalue weighted by molar-refractivity contribution is 6.35. The van der Waals surface area contributed by atoms with Gasteiger partial charge in [0.2, 0.25) is 5.91 Å². The molecule has 1 fully saturated rings. The summed E-state index contributed by atoms with van der Waals surface area (Å²) in [5.41, 5.74) is 0.849. The van der Waals surface area contributed by atoms with E-state index in [1.54, 1.807) is 18.2 Å². The van der Waals surface area contributed by atoms with Gasteiger partial charge in [0.1, 0.15) is 6.10 Å². The van der Waals surface area contributed by atoms with Crippen LogP contribution in [0.3, 0.4) is 0 Å². The SMILES string of the molecule is O=C(NCc1ccc(Cl)cc1Cl)[C@@H]1CCCO1. The second kappa shape index (κ2) is 5.71. The van der Waals surface area contributed by atoms with Gasteiger partial charge in [0, 0.05) is 23.2 Å². The molecular weight excluding hydrogens is 261 g/mol. The molecule has 1 N–H and O–H groups in total. The highest BCUT2D eigenvalue weighted by Gasteiger charge is 2.23. The molecule has 1 atom stereocenters. The average Bonchev–Trinajstić information content (AvgIpc) is 2.81. The van der Waals surface area contributed by atoms with Crippen LogP contribution in [0.25, 0.3) is 0 Å². The Hall–Kier alpha value is -0.770. The maximum atomic E-state index is 11.7. The number of hydrogen-bond donors (Lipinski definition) is 1. The van der Waals surface area contributed by atoms with Crippen molar-refractivity contribution >= 4 is 29.1 Å². The molecule has 0 saturated carbocycles. The Balaban J connectivity index is 1.90.